The molecule has 3 aliphatic rings. The van der Waals surface area contributed by atoms with Crippen molar-refractivity contribution < 1.29 is 14.3 Å². The van der Waals surface area contributed by atoms with E-state index in [1.807, 2.05) is 0 Å². The highest BCUT2D eigenvalue weighted by molar-refractivity contribution is 5.97. The summed E-state index contributed by atoms with van der Waals surface area (Å²) in [4.78, 5) is 26.1. The van der Waals surface area contributed by atoms with Gasteiger partial charge in [-0.2, -0.15) is 10.5 Å². The number of likely N-dealkylation sites (N-methyl/N-ethyl adjacent to an activating group) is 1. The van der Waals surface area contributed by atoms with Crippen molar-refractivity contribution in [3.63, 3.8) is 0 Å². The number of carbonyl (C=O) groups excluding carboxylic acids is 1. The van der Waals surface area contributed by atoms with Crippen molar-refractivity contribution in [1.82, 2.24) is 14.8 Å². The Hall–Kier alpha value is -4.64. The number of piperazine rings is 1. The number of benzene rings is 2. The van der Waals surface area contributed by atoms with Crippen molar-refractivity contribution >= 4 is 28.1 Å². The van der Waals surface area contributed by atoms with E-state index in [1.54, 1.807) is 4.90 Å². The molecule has 6 rings (SSSR count). The van der Waals surface area contributed by atoms with E-state index < -0.39 is 0 Å². The van der Waals surface area contributed by atoms with Gasteiger partial charge in [0, 0.05) is 55.9 Å². The van der Waals surface area contributed by atoms with Crippen molar-refractivity contribution in [2.75, 3.05) is 69.3 Å². The maximum Gasteiger partial charge on any atom is 0.246 e. The summed E-state index contributed by atoms with van der Waals surface area (Å²) in [6, 6.07) is 17.1. The average molecular weight is 606 g/mol. The summed E-state index contributed by atoms with van der Waals surface area (Å²) in [7, 11) is 2.06. The predicted octanol–water partition coefficient (Wildman–Crippen LogP) is 3.80. The van der Waals surface area contributed by atoms with Gasteiger partial charge in [0.05, 0.1) is 43.1 Å². The Labute approximate surface area is 264 Å². The highest BCUT2D eigenvalue weighted by atomic mass is 16.5. The van der Waals surface area contributed by atoms with Gasteiger partial charge in [0.1, 0.15) is 24.3 Å². The van der Waals surface area contributed by atoms with Crippen LogP contribution in [0.5, 0.6) is 5.88 Å². The number of amides is 1. The van der Waals surface area contributed by atoms with Crippen molar-refractivity contribution in [2.45, 2.75) is 38.5 Å². The number of rotatable bonds is 7. The number of anilines is 2. The van der Waals surface area contributed by atoms with Gasteiger partial charge >= 0.3 is 0 Å². The third kappa shape index (κ3) is 6.04. The van der Waals surface area contributed by atoms with E-state index >= 15 is 0 Å². The van der Waals surface area contributed by atoms with E-state index in [2.05, 4.69) is 83.8 Å². The van der Waals surface area contributed by atoms with Crippen LogP contribution in [0.2, 0.25) is 0 Å². The molecule has 2 atom stereocenters. The molecule has 0 aliphatic carbocycles. The highest BCUT2D eigenvalue weighted by Gasteiger charge is 2.35. The lowest BCUT2D eigenvalue weighted by molar-refractivity contribution is -0.128. The van der Waals surface area contributed by atoms with E-state index in [1.165, 1.54) is 22.4 Å². The Morgan fingerprint density at radius 1 is 1.13 bits per heavy atom. The highest BCUT2D eigenvalue weighted by Crippen LogP contribution is 2.40. The number of aromatic nitrogens is 1. The molecule has 2 fully saturated rings. The molecule has 2 saturated heterocycles. The number of fused-ring (bicyclic) bond motifs is 2. The van der Waals surface area contributed by atoms with Crippen LogP contribution in [0.1, 0.15) is 28.8 Å². The summed E-state index contributed by atoms with van der Waals surface area (Å²) in [5, 5.41) is 22.6. The number of nitriles is 2. The number of ether oxygens (including phenoxy) is 2. The minimum atomic E-state index is -0.320. The maximum atomic E-state index is 12.6. The zero-order valence-electron chi connectivity index (χ0n) is 26.0. The van der Waals surface area contributed by atoms with Gasteiger partial charge < -0.3 is 29.1 Å². The van der Waals surface area contributed by atoms with Gasteiger partial charge in [-0.25, -0.2) is 4.98 Å². The summed E-state index contributed by atoms with van der Waals surface area (Å²) in [5.74, 6) is 0.120. The molecule has 45 heavy (non-hydrogen) atoms. The number of morpholine rings is 1. The van der Waals surface area contributed by atoms with Crippen LogP contribution in [-0.4, -0.2) is 92.4 Å². The summed E-state index contributed by atoms with van der Waals surface area (Å²) in [6.45, 7) is 11.0. The molecule has 10 heteroatoms. The standard InChI is InChI=1S/C35H39N7O3/c1-4-32(43)42-16-15-41(20-26(42)11-13-36)34-28-12-14-40(31-10-6-9-25-8-5-7-24(2)33(25)31)22-30(28)38-35(29(34)19-37)45-23-27-21-39(3)17-18-44-27/h4-10,26-27H,1,11-12,14-18,20-23H2,2-3H3/t26-,27-/m0/s1. The number of hydrogen-bond donors (Lipinski definition) is 0. The van der Waals surface area contributed by atoms with Crippen molar-refractivity contribution in [2.24, 2.45) is 0 Å². The van der Waals surface area contributed by atoms with Gasteiger partial charge in [-0.1, -0.05) is 36.9 Å². The molecular formula is C35H39N7O3. The average Bonchev–Trinajstić information content (AvgIpc) is 3.06. The van der Waals surface area contributed by atoms with E-state index in [-0.39, 0.29) is 31.1 Å². The predicted molar refractivity (Wildman–Crippen MR) is 173 cm³/mol. The van der Waals surface area contributed by atoms with Gasteiger partial charge in [0.2, 0.25) is 11.8 Å². The first-order valence-electron chi connectivity index (χ1n) is 15.6. The SMILES string of the molecule is C=CC(=O)N1CCN(c2c(C#N)c(OC[C@@H]3CN(C)CCO3)nc3c2CCN(c2cccc4cccc(C)c24)C3)C[C@@H]1CC#N. The Bertz CT molecular complexity index is 1690. The van der Waals surface area contributed by atoms with E-state index in [0.717, 1.165) is 42.3 Å². The molecule has 1 amide bonds. The molecule has 2 aromatic carbocycles. The molecule has 0 N–H and O–H groups in total. The first-order chi connectivity index (χ1) is 21.9. The van der Waals surface area contributed by atoms with E-state index in [0.29, 0.717) is 50.7 Å². The van der Waals surface area contributed by atoms with Gasteiger partial charge in [-0.3, -0.25) is 4.79 Å². The van der Waals surface area contributed by atoms with Gasteiger partial charge in [0.25, 0.3) is 0 Å². The fourth-order valence-corrected chi connectivity index (χ4v) is 6.95. The first kappa shape index (κ1) is 30.4. The molecule has 0 bridgehead atoms. The monoisotopic (exact) mass is 605 g/mol. The number of nitrogens with zero attached hydrogens (tertiary/aromatic N) is 7. The third-order valence-corrected chi connectivity index (χ3v) is 9.17. The van der Waals surface area contributed by atoms with Gasteiger partial charge in [-0.15, -0.1) is 0 Å². The largest absolute Gasteiger partial charge is 0.474 e. The molecule has 4 heterocycles. The number of pyridine rings is 1. The summed E-state index contributed by atoms with van der Waals surface area (Å²) in [5.41, 5.74) is 5.49. The summed E-state index contributed by atoms with van der Waals surface area (Å²) in [6.07, 6.45) is 2.06. The van der Waals surface area contributed by atoms with Crippen LogP contribution in [-0.2, 0) is 22.5 Å². The number of carbonyl (C=O) groups is 1. The summed E-state index contributed by atoms with van der Waals surface area (Å²) < 4.78 is 12.3. The zero-order chi connectivity index (χ0) is 31.5. The minimum Gasteiger partial charge on any atom is -0.474 e. The van der Waals surface area contributed by atoms with Crippen LogP contribution in [0.25, 0.3) is 10.8 Å². The number of aryl methyl sites for hydroxylation is 1. The molecule has 1 aromatic heterocycles. The van der Waals surface area contributed by atoms with Crippen molar-refractivity contribution in [3.8, 4) is 18.0 Å². The second-order valence-corrected chi connectivity index (χ2v) is 12.1. The van der Waals surface area contributed by atoms with Crippen molar-refractivity contribution in [3.05, 3.63) is 71.4 Å². The second kappa shape index (κ2) is 13.2. The molecule has 0 radical (unpaired) electrons. The first-order valence-corrected chi connectivity index (χ1v) is 15.6. The Kier molecular flexibility index (Phi) is 8.88. The molecule has 0 unspecified atom stereocenters. The molecule has 0 spiro atoms. The van der Waals surface area contributed by atoms with Crippen LogP contribution < -0.4 is 14.5 Å². The molecule has 232 valence electrons. The zero-order valence-corrected chi connectivity index (χ0v) is 26.0. The van der Waals surface area contributed by atoms with Crippen LogP contribution >= 0.6 is 0 Å². The van der Waals surface area contributed by atoms with E-state index in [9.17, 15) is 15.3 Å². The second-order valence-electron chi connectivity index (χ2n) is 12.1. The fourth-order valence-electron chi connectivity index (χ4n) is 6.95. The van der Waals surface area contributed by atoms with Crippen LogP contribution in [0.15, 0.2) is 49.1 Å². The van der Waals surface area contributed by atoms with Crippen LogP contribution in [0.4, 0.5) is 11.4 Å². The lowest BCUT2D eigenvalue weighted by Crippen LogP contribution is -2.55. The lowest BCUT2D eigenvalue weighted by atomic mass is 9.95. The van der Waals surface area contributed by atoms with Crippen LogP contribution in [0.3, 0.4) is 0 Å². The van der Waals surface area contributed by atoms with Crippen molar-refractivity contribution in [1.29, 1.82) is 10.5 Å². The Morgan fingerprint density at radius 2 is 1.96 bits per heavy atom. The molecule has 0 saturated carbocycles. The fraction of sp³-hybridized carbons (Fsp3) is 0.429. The lowest BCUT2D eigenvalue weighted by Gasteiger charge is -2.43. The molecule has 10 nitrogen and oxygen atoms in total. The quantitative estimate of drug-likeness (QED) is 0.372. The molecule has 3 aliphatic heterocycles. The minimum absolute atomic E-state index is 0.125. The molecular weight excluding hydrogens is 566 g/mol. The smallest absolute Gasteiger partial charge is 0.246 e. The maximum absolute atomic E-state index is 12.6. The van der Waals surface area contributed by atoms with Gasteiger partial charge in [-0.05, 0) is 43.5 Å². The normalized spacial score (nSPS) is 20.3. The Balaban J connectivity index is 1.39. The van der Waals surface area contributed by atoms with E-state index in [4.69, 9.17) is 14.5 Å². The summed E-state index contributed by atoms with van der Waals surface area (Å²) >= 11 is 0. The topological polar surface area (TPSA) is 109 Å². The molecule has 3 aromatic rings. The Morgan fingerprint density at radius 3 is 2.71 bits per heavy atom. The third-order valence-electron chi connectivity index (χ3n) is 9.17. The van der Waals surface area contributed by atoms with Crippen LogP contribution in [0, 0.1) is 29.6 Å². The van der Waals surface area contributed by atoms with Gasteiger partial charge in [0.15, 0.2) is 0 Å². The number of hydrogen-bond acceptors (Lipinski definition) is 9.